The molecule has 5 nitrogen and oxygen atoms in total. The Morgan fingerprint density at radius 3 is 2.89 bits per heavy atom. The van der Waals surface area contributed by atoms with Gasteiger partial charge in [-0.3, -0.25) is 4.57 Å². The van der Waals surface area contributed by atoms with E-state index in [-0.39, 0.29) is 0 Å². The molecule has 6 heteroatoms. The zero-order valence-electron chi connectivity index (χ0n) is 9.74. The number of aromatic nitrogens is 4. The first-order chi connectivity index (χ1) is 8.75. The number of nitrogens with one attached hydrogen (secondary N) is 1. The first-order valence-corrected chi connectivity index (χ1v) is 5.87. The van der Waals surface area contributed by atoms with Gasteiger partial charge in [0.15, 0.2) is 5.11 Å². The molecule has 0 aliphatic carbocycles. The quantitative estimate of drug-likeness (QED) is 0.677. The number of thiocarbonyl (C=S) groups is 1. The molecule has 90 valence electrons. The second kappa shape index (κ2) is 4.23. The Balaban J connectivity index is 1.96. The predicted octanol–water partition coefficient (Wildman–Crippen LogP) is 2.01. The standard InChI is InChI=1S/C12H11N5S/c1-16-10-5-3-2-4-9(10)14-11(16)15-12(18)17-7-6-13-8-17/h2-8H,1H3,(H,14,15,18). The number of para-hydroxylation sites is 2. The zero-order valence-corrected chi connectivity index (χ0v) is 10.6. The second-order valence-corrected chi connectivity index (χ2v) is 4.27. The van der Waals surface area contributed by atoms with Gasteiger partial charge in [-0.05, 0) is 24.4 Å². The van der Waals surface area contributed by atoms with E-state index >= 15 is 0 Å². The highest BCUT2D eigenvalue weighted by Crippen LogP contribution is 2.17. The molecule has 1 N–H and O–H groups in total. The second-order valence-electron chi connectivity index (χ2n) is 3.88. The van der Waals surface area contributed by atoms with E-state index in [0.29, 0.717) is 5.11 Å². The molecule has 0 aliphatic rings. The van der Waals surface area contributed by atoms with Crippen LogP contribution in [0.25, 0.3) is 11.0 Å². The lowest BCUT2D eigenvalue weighted by molar-refractivity contribution is 0.957. The van der Waals surface area contributed by atoms with Gasteiger partial charge in [0.2, 0.25) is 5.95 Å². The predicted molar refractivity (Wildman–Crippen MR) is 74.6 cm³/mol. The summed E-state index contributed by atoms with van der Waals surface area (Å²) in [6.07, 6.45) is 5.12. The van der Waals surface area contributed by atoms with Crippen molar-refractivity contribution in [2.24, 2.45) is 7.05 Å². The average Bonchev–Trinajstić information content (AvgIpc) is 3.00. The van der Waals surface area contributed by atoms with Gasteiger partial charge in [0.05, 0.1) is 11.0 Å². The van der Waals surface area contributed by atoms with E-state index in [9.17, 15) is 0 Å². The van der Waals surface area contributed by atoms with Gasteiger partial charge in [0.25, 0.3) is 0 Å². The van der Waals surface area contributed by atoms with Gasteiger partial charge in [-0.25, -0.2) is 9.97 Å². The lowest BCUT2D eigenvalue weighted by Gasteiger charge is -2.07. The van der Waals surface area contributed by atoms with Crippen molar-refractivity contribution in [3.63, 3.8) is 0 Å². The van der Waals surface area contributed by atoms with Crippen LogP contribution in [0.4, 0.5) is 5.95 Å². The number of benzene rings is 1. The Morgan fingerprint density at radius 1 is 1.33 bits per heavy atom. The highest BCUT2D eigenvalue weighted by atomic mass is 32.1. The van der Waals surface area contributed by atoms with E-state index < -0.39 is 0 Å². The minimum atomic E-state index is 0.547. The number of anilines is 1. The molecule has 0 bridgehead atoms. The van der Waals surface area contributed by atoms with Crippen LogP contribution in [0.1, 0.15) is 0 Å². The summed E-state index contributed by atoms with van der Waals surface area (Å²) in [5.41, 5.74) is 2.00. The monoisotopic (exact) mass is 257 g/mol. The van der Waals surface area contributed by atoms with Gasteiger partial charge in [0, 0.05) is 19.4 Å². The normalized spacial score (nSPS) is 10.7. The van der Waals surface area contributed by atoms with Gasteiger partial charge < -0.3 is 9.88 Å². The van der Waals surface area contributed by atoms with Crippen molar-refractivity contribution in [1.82, 2.24) is 19.1 Å². The van der Waals surface area contributed by atoms with Crippen LogP contribution >= 0.6 is 12.2 Å². The summed E-state index contributed by atoms with van der Waals surface area (Å²) < 4.78 is 3.70. The summed E-state index contributed by atoms with van der Waals surface area (Å²) in [7, 11) is 1.95. The average molecular weight is 257 g/mol. The minimum Gasteiger partial charge on any atom is -0.313 e. The minimum absolute atomic E-state index is 0.547. The summed E-state index contributed by atoms with van der Waals surface area (Å²) in [5, 5.41) is 3.66. The highest BCUT2D eigenvalue weighted by Gasteiger charge is 2.08. The van der Waals surface area contributed by atoms with E-state index in [1.807, 2.05) is 35.9 Å². The molecular formula is C12H11N5S. The number of aryl methyl sites for hydroxylation is 1. The maximum atomic E-state index is 5.28. The summed E-state index contributed by atoms with van der Waals surface area (Å²) >= 11 is 5.28. The van der Waals surface area contributed by atoms with Crippen LogP contribution in [0.15, 0.2) is 43.0 Å². The smallest absolute Gasteiger partial charge is 0.209 e. The molecule has 0 saturated heterocycles. The fourth-order valence-electron chi connectivity index (χ4n) is 1.80. The van der Waals surface area contributed by atoms with Crippen molar-refractivity contribution in [3.05, 3.63) is 43.0 Å². The van der Waals surface area contributed by atoms with Crippen molar-refractivity contribution in [1.29, 1.82) is 0 Å². The van der Waals surface area contributed by atoms with Crippen LogP contribution in [0.3, 0.4) is 0 Å². The first kappa shape index (κ1) is 10.9. The SMILES string of the molecule is Cn1c(NC(=S)n2ccnc2)nc2ccccc21. The molecule has 0 fully saturated rings. The largest absolute Gasteiger partial charge is 0.313 e. The molecule has 2 heterocycles. The van der Waals surface area contributed by atoms with Crippen LogP contribution in [-0.4, -0.2) is 24.2 Å². The Bertz CT molecular complexity index is 698. The molecule has 0 radical (unpaired) electrons. The fourth-order valence-corrected chi connectivity index (χ4v) is 2.00. The lowest BCUT2D eigenvalue weighted by atomic mass is 10.3. The third-order valence-corrected chi connectivity index (χ3v) is 3.06. The van der Waals surface area contributed by atoms with Crippen molar-refractivity contribution >= 4 is 34.3 Å². The molecule has 0 unspecified atom stereocenters. The molecule has 3 rings (SSSR count). The van der Waals surface area contributed by atoms with Crippen molar-refractivity contribution in [2.45, 2.75) is 0 Å². The zero-order chi connectivity index (χ0) is 12.5. The van der Waals surface area contributed by atoms with Crippen LogP contribution < -0.4 is 5.32 Å². The number of imidazole rings is 2. The summed E-state index contributed by atoms with van der Waals surface area (Å²) in [6.45, 7) is 0. The van der Waals surface area contributed by atoms with Crippen LogP contribution in [0.2, 0.25) is 0 Å². The van der Waals surface area contributed by atoms with E-state index in [0.717, 1.165) is 17.0 Å². The van der Waals surface area contributed by atoms with Crippen molar-refractivity contribution in [2.75, 3.05) is 5.32 Å². The van der Waals surface area contributed by atoms with Gasteiger partial charge in [-0.2, -0.15) is 0 Å². The number of hydrogen-bond donors (Lipinski definition) is 1. The molecule has 3 aromatic rings. The molecule has 0 spiro atoms. The maximum Gasteiger partial charge on any atom is 0.209 e. The summed E-state index contributed by atoms with van der Waals surface area (Å²) in [5.74, 6) is 0.718. The lowest BCUT2D eigenvalue weighted by Crippen LogP contribution is -2.19. The Hall–Kier alpha value is -2.21. The molecule has 2 aromatic heterocycles. The van der Waals surface area contributed by atoms with E-state index in [1.165, 1.54) is 0 Å². The highest BCUT2D eigenvalue weighted by molar-refractivity contribution is 7.80. The molecule has 0 amide bonds. The van der Waals surface area contributed by atoms with Crippen molar-refractivity contribution < 1.29 is 0 Å². The van der Waals surface area contributed by atoms with Gasteiger partial charge in [-0.1, -0.05) is 12.1 Å². The molecule has 0 atom stereocenters. The van der Waals surface area contributed by atoms with E-state index in [1.54, 1.807) is 23.3 Å². The number of rotatable bonds is 1. The van der Waals surface area contributed by atoms with Crippen LogP contribution in [0, 0.1) is 0 Å². The molecule has 0 saturated carbocycles. The van der Waals surface area contributed by atoms with E-state index in [2.05, 4.69) is 15.3 Å². The Labute approximate surface area is 109 Å². The summed E-state index contributed by atoms with van der Waals surface area (Å²) in [4.78, 5) is 8.45. The third kappa shape index (κ3) is 1.76. The molecule has 1 aromatic carbocycles. The van der Waals surface area contributed by atoms with Crippen LogP contribution in [-0.2, 0) is 7.05 Å². The topological polar surface area (TPSA) is 47.7 Å². The molecule has 18 heavy (non-hydrogen) atoms. The summed E-state index contributed by atoms with van der Waals surface area (Å²) in [6, 6.07) is 7.95. The number of hydrogen-bond acceptors (Lipinski definition) is 3. The molecular weight excluding hydrogens is 246 g/mol. The van der Waals surface area contributed by atoms with E-state index in [4.69, 9.17) is 12.2 Å². The fraction of sp³-hybridized carbons (Fsp3) is 0.0833. The number of nitrogens with zero attached hydrogens (tertiary/aromatic N) is 4. The van der Waals surface area contributed by atoms with Gasteiger partial charge >= 0.3 is 0 Å². The third-order valence-electron chi connectivity index (χ3n) is 2.74. The van der Waals surface area contributed by atoms with Crippen molar-refractivity contribution in [3.8, 4) is 0 Å². The first-order valence-electron chi connectivity index (χ1n) is 5.46. The maximum absolute atomic E-state index is 5.28. The van der Waals surface area contributed by atoms with Gasteiger partial charge in [0.1, 0.15) is 6.33 Å². The molecule has 0 aliphatic heterocycles. The van der Waals surface area contributed by atoms with Gasteiger partial charge in [-0.15, -0.1) is 0 Å². The Kier molecular flexibility index (Phi) is 2.56. The Morgan fingerprint density at radius 2 is 2.17 bits per heavy atom. The van der Waals surface area contributed by atoms with Crippen LogP contribution in [0.5, 0.6) is 0 Å². The number of fused-ring (bicyclic) bond motifs is 1.